The summed E-state index contributed by atoms with van der Waals surface area (Å²) in [4.78, 5) is 3.80. The van der Waals surface area contributed by atoms with Gasteiger partial charge in [0, 0.05) is 13.2 Å². The summed E-state index contributed by atoms with van der Waals surface area (Å²) in [5.41, 5.74) is -0.799. The average molecular weight is 268 g/mol. The molecule has 1 rings (SSSR count). The number of halogens is 3. The highest BCUT2D eigenvalue weighted by atomic mass is 32.1. The van der Waals surface area contributed by atoms with Gasteiger partial charge in [-0.3, -0.25) is 0 Å². The van der Waals surface area contributed by atoms with Crippen molar-refractivity contribution in [1.82, 2.24) is 10.3 Å². The second kappa shape index (κ2) is 6.32. The molecule has 1 aromatic heterocycles. The van der Waals surface area contributed by atoms with Crippen molar-refractivity contribution >= 4 is 11.3 Å². The quantitative estimate of drug-likeness (QED) is 0.806. The maximum absolute atomic E-state index is 12.6. The number of hydrogen-bond acceptors (Lipinski definition) is 4. The van der Waals surface area contributed by atoms with Crippen LogP contribution in [0.2, 0.25) is 0 Å². The van der Waals surface area contributed by atoms with Gasteiger partial charge in [-0.05, 0) is 13.5 Å². The first-order valence-electron chi connectivity index (χ1n) is 5.27. The van der Waals surface area contributed by atoms with Crippen molar-refractivity contribution < 1.29 is 17.9 Å². The minimum Gasteiger partial charge on any atom is -0.374 e. The van der Waals surface area contributed by atoms with Gasteiger partial charge in [-0.15, -0.1) is 11.3 Å². The van der Waals surface area contributed by atoms with Gasteiger partial charge in [-0.2, -0.15) is 13.2 Å². The molecule has 0 amide bonds. The molecule has 0 saturated carbocycles. The molecule has 0 saturated heterocycles. The van der Waals surface area contributed by atoms with E-state index in [9.17, 15) is 13.2 Å². The molecule has 1 N–H and O–H groups in total. The molecule has 0 aliphatic carbocycles. The Labute approximate surface area is 102 Å². The van der Waals surface area contributed by atoms with E-state index < -0.39 is 11.9 Å². The Hall–Kier alpha value is -0.660. The van der Waals surface area contributed by atoms with Crippen LogP contribution in [0, 0.1) is 0 Å². The van der Waals surface area contributed by atoms with Crippen LogP contribution in [0.25, 0.3) is 0 Å². The Morgan fingerprint density at radius 3 is 2.65 bits per heavy atom. The summed E-state index contributed by atoms with van der Waals surface area (Å²) >= 11 is 1.04. The van der Waals surface area contributed by atoms with E-state index in [1.807, 2.05) is 6.92 Å². The van der Waals surface area contributed by atoms with E-state index in [2.05, 4.69) is 10.3 Å². The Kier molecular flexibility index (Phi) is 5.35. The zero-order chi connectivity index (χ0) is 12.9. The Balaban J connectivity index is 2.80. The zero-order valence-electron chi connectivity index (χ0n) is 9.73. The number of nitrogens with zero attached hydrogens (tertiary/aromatic N) is 1. The molecule has 0 atom stereocenters. The summed E-state index contributed by atoms with van der Waals surface area (Å²) in [6.45, 7) is 2.78. The van der Waals surface area contributed by atoms with E-state index >= 15 is 0 Å². The molecular formula is C10H15F3N2OS. The molecule has 17 heavy (non-hydrogen) atoms. The third-order valence-electron chi connectivity index (χ3n) is 1.92. The van der Waals surface area contributed by atoms with E-state index in [0.717, 1.165) is 17.8 Å². The first kappa shape index (κ1) is 14.4. The molecule has 0 unspecified atom stereocenters. The zero-order valence-corrected chi connectivity index (χ0v) is 10.5. The van der Waals surface area contributed by atoms with Crippen molar-refractivity contribution in [1.29, 1.82) is 0 Å². The van der Waals surface area contributed by atoms with E-state index in [-0.39, 0.29) is 18.0 Å². The predicted octanol–water partition coefficient (Wildman–Crippen LogP) is 2.81. The van der Waals surface area contributed by atoms with Gasteiger partial charge in [0.25, 0.3) is 0 Å². The summed E-state index contributed by atoms with van der Waals surface area (Å²) in [7, 11) is 1.60. The fourth-order valence-electron chi connectivity index (χ4n) is 1.27. The van der Waals surface area contributed by atoms with Crippen molar-refractivity contribution in [3.63, 3.8) is 0 Å². The molecule has 0 aromatic carbocycles. The van der Waals surface area contributed by atoms with Crippen LogP contribution in [-0.2, 0) is 24.1 Å². The normalized spacial score (nSPS) is 12.1. The van der Waals surface area contributed by atoms with Gasteiger partial charge in [-0.1, -0.05) is 6.92 Å². The van der Waals surface area contributed by atoms with Crippen LogP contribution in [0.4, 0.5) is 13.2 Å². The molecule has 7 heteroatoms. The van der Waals surface area contributed by atoms with E-state index in [0.29, 0.717) is 11.6 Å². The number of alkyl halides is 3. The van der Waals surface area contributed by atoms with Crippen LogP contribution >= 0.6 is 11.3 Å². The van der Waals surface area contributed by atoms with E-state index in [1.54, 1.807) is 7.05 Å². The lowest BCUT2D eigenvalue weighted by Gasteiger charge is -2.04. The van der Waals surface area contributed by atoms with Crippen LogP contribution in [-0.4, -0.2) is 18.6 Å². The molecule has 0 radical (unpaired) electrons. The van der Waals surface area contributed by atoms with Crippen molar-refractivity contribution in [2.75, 3.05) is 13.7 Å². The largest absolute Gasteiger partial charge is 0.434 e. The molecule has 1 heterocycles. The SMILES string of the molecule is CCCOCc1nc(C(F)(F)F)c(CNC)s1. The second-order valence-electron chi connectivity index (χ2n) is 3.46. The number of nitrogens with one attached hydrogen (secondary N) is 1. The minimum atomic E-state index is -4.40. The summed E-state index contributed by atoms with van der Waals surface area (Å²) < 4.78 is 43.1. The van der Waals surface area contributed by atoms with Crippen LogP contribution in [0.3, 0.4) is 0 Å². The van der Waals surface area contributed by atoms with Gasteiger partial charge >= 0.3 is 6.18 Å². The maximum atomic E-state index is 12.6. The van der Waals surface area contributed by atoms with E-state index in [4.69, 9.17) is 4.74 Å². The second-order valence-corrected chi connectivity index (χ2v) is 4.63. The topological polar surface area (TPSA) is 34.1 Å². The molecule has 0 spiro atoms. The first-order chi connectivity index (χ1) is 7.99. The lowest BCUT2D eigenvalue weighted by Crippen LogP contribution is -2.12. The lowest BCUT2D eigenvalue weighted by molar-refractivity contribution is -0.141. The fraction of sp³-hybridized carbons (Fsp3) is 0.700. The average Bonchev–Trinajstić information content (AvgIpc) is 2.62. The predicted molar refractivity (Wildman–Crippen MR) is 59.8 cm³/mol. The number of ether oxygens (including phenoxy) is 1. The number of aromatic nitrogens is 1. The van der Waals surface area contributed by atoms with Crippen molar-refractivity contribution in [2.45, 2.75) is 32.7 Å². The first-order valence-corrected chi connectivity index (χ1v) is 6.08. The smallest absolute Gasteiger partial charge is 0.374 e. The molecule has 1 aromatic rings. The Morgan fingerprint density at radius 2 is 2.12 bits per heavy atom. The number of thiazole rings is 1. The molecule has 0 aliphatic heterocycles. The summed E-state index contributed by atoms with van der Waals surface area (Å²) in [5, 5.41) is 3.08. The Morgan fingerprint density at radius 1 is 1.41 bits per heavy atom. The molecule has 0 bridgehead atoms. The van der Waals surface area contributed by atoms with Gasteiger partial charge < -0.3 is 10.1 Å². The molecule has 0 aliphatic rings. The van der Waals surface area contributed by atoms with Crippen molar-refractivity contribution in [3.8, 4) is 0 Å². The van der Waals surface area contributed by atoms with Crippen molar-refractivity contribution in [2.24, 2.45) is 0 Å². The highest BCUT2D eigenvalue weighted by Gasteiger charge is 2.37. The molecule has 98 valence electrons. The maximum Gasteiger partial charge on any atom is 0.434 e. The monoisotopic (exact) mass is 268 g/mol. The summed E-state index contributed by atoms with van der Waals surface area (Å²) in [5.74, 6) is 0. The van der Waals surface area contributed by atoms with Gasteiger partial charge in [0.05, 0.1) is 11.5 Å². The van der Waals surface area contributed by atoms with Gasteiger partial charge in [-0.25, -0.2) is 4.98 Å². The van der Waals surface area contributed by atoms with Crippen LogP contribution in [0.5, 0.6) is 0 Å². The minimum absolute atomic E-state index is 0.144. The highest BCUT2D eigenvalue weighted by molar-refractivity contribution is 7.11. The third kappa shape index (κ3) is 4.25. The lowest BCUT2D eigenvalue weighted by atomic mass is 10.3. The van der Waals surface area contributed by atoms with Gasteiger partial charge in [0.2, 0.25) is 0 Å². The molecular weight excluding hydrogens is 253 g/mol. The van der Waals surface area contributed by atoms with Gasteiger partial charge in [0.15, 0.2) is 5.69 Å². The highest BCUT2D eigenvalue weighted by Crippen LogP contribution is 2.34. The van der Waals surface area contributed by atoms with Gasteiger partial charge in [0.1, 0.15) is 5.01 Å². The summed E-state index contributed by atoms with van der Waals surface area (Å²) in [6.07, 6.45) is -3.56. The van der Waals surface area contributed by atoms with E-state index in [1.165, 1.54) is 0 Å². The van der Waals surface area contributed by atoms with Crippen LogP contribution < -0.4 is 5.32 Å². The standard InChI is InChI=1S/C10H15F3N2OS/c1-3-4-16-6-8-15-9(10(11,12)13)7(17-8)5-14-2/h14H,3-6H2,1-2H3. The third-order valence-corrected chi connectivity index (χ3v) is 2.95. The fourth-order valence-corrected chi connectivity index (χ4v) is 2.31. The number of hydrogen-bond donors (Lipinski definition) is 1. The summed E-state index contributed by atoms with van der Waals surface area (Å²) in [6, 6.07) is 0. The Bertz CT molecular complexity index is 352. The molecule has 3 nitrogen and oxygen atoms in total. The van der Waals surface area contributed by atoms with Crippen LogP contribution in [0.15, 0.2) is 0 Å². The molecule has 0 fully saturated rings. The van der Waals surface area contributed by atoms with Crippen LogP contribution in [0.1, 0.15) is 28.9 Å². The van der Waals surface area contributed by atoms with Crippen molar-refractivity contribution in [3.05, 3.63) is 15.6 Å². The number of rotatable bonds is 6.